The fraction of sp³-hybridized carbons (Fsp3) is 0.0588. The van der Waals surface area contributed by atoms with Crippen LogP contribution in [-0.4, -0.2) is 48.6 Å². The number of benzene rings is 1. The van der Waals surface area contributed by atoms with E-state index < -0.39 is 23.5 Å². The van der Waals surface area contributed by atoms with Gasteiger partial charge in [0.05, 0.1) is 16.5 Å². The second-order valence-electron chi connectivity index (χ2n) is 5.12. The molecule has 0 unspecified atom stereocenters. The maximum Gasteiger partial charge on any atom is 0.420 e. The summed E-state index contributed by atoms with van der Waals surface area (Å²) >= 11 is 0. The van der Waals surface area contributed by atoms with Crippen molar-refractivity contribution in [2.75, 3.05) is 7.05 Å². The van der Waals surface area contributed by atoms with Gasteiger partial charge in [-0.2, -0.15) is 0 Å². The molecule has 29 heavy (non-hydrogen) atoms. The molecular weight excluding hydrogens is 570 g/mol. The van der Waals surface area contributed by atoms with Crippen molar-refractivity contribution in [2.24, 2.45) is 5.10 Å². The van der Waals surface area contributed by atoms with Crippen molar-refractivity contribution in [3.8, 4) is 11.4 Å². The van der Waals surface area contributed by atoms with Crippen LogP contribution in [0.5, 0.6) is 0 Å². The van der Waals surface area contributed by atoms with Crippen LogP contribution in [0.3, 0.4) is 0 Å². The van der Waals surface area contributed by atoms with Gasteiger partial charge in [0.15, 0.2) is 11.6 Å². The van der Waals surface area contributed by atoms with Gasteiger partial charge in [0, 0.05) is 31.7 Å². The Balaban J connectivity index is 0.000000200. The molecule has 1 aliphatic heterocycles. The molecule has 0 saturated heterocycles. The van der Waals surface area contributed by atoms with Crippen molar-refractivity contribution in [3.05, 3.63) is 66.5 Å². The molecule has 3 heterocycles. The van der Waals surface area contributed by atoms with Crippen LogP contribution in [-0.2, 0) is 20.1 Å². The fourth-order valence-corrected chi connectivity index (χ4v) is 1.94. The first-order valence-electron chi connectivity index (χ1n) is 7.50. The van der Waals surface area contributed by atoms with Crippen LogP contribution < -0.4 is 0 Å². The zero-order valence-electron chi connectivity index (χ0n) is 14.4. The van der Waals surface area contributed by atoms with E-state index in [1.165, 1.54) is 23.6 Å². The van der Waals surface area contributed by atoms with Gasteiger partial charge in [-0.1, -0.05) is 11.6 Å². The first-order valence-corrected chi connectivity index (χ1v) is 7.50. The van der Waals surface area contributed by atoms with Gasteiger partial charge in [-0.25, -0.2) is 4.98 Å². The van der Waals surface area contributed by atoms with Gasteiger partial charge in [-0.05, 0) is 0 Å². The van der Waals surface area contributed by atoms with Crippen LogP contribution in [0.4, 0.5) is 23.2 Å². The molecule has 0 amide bonds. The average Bonchev–Trinajstić information content (AvgIpc) is 3.09. The van der Waals surface area contributed by atoms with Crippen LogP contribution in [0.15, 0.2) is 36.0 Å². The zero-order valence-corrected chi connectivity index (χ0v) is 16.8. The summed E-state index contributed by atoms with van der Waals surface area (Å²) in [4.78, 5) is 14.0. The van der Waals surface area contributed by atoms with Crippen LogP contribution in [0.2, 0.25) is 0 Å². The van der Waals surface area contributed by atoms with E-state index in [2.05, 4.69) is 43.2 Å². The van der Waals surface area contributed by atoms with Crippen LogP contribution in [0.1, 0.15) is 0 Å². The molecule has 1 radical (unpaired) electrons. The molecule has 3 aromatic rings. The summed E-state index contributed by atoms with van der Waals surface area (Å²) < 4.78 is 53.8. The Bertz CT molecular complexity index is 1120. The number of nitrogens with zero attached hydrogens (tertiary/aromatic N) is 7. The van der Waals surface area contributed by atoms with E-state index in [0.29, 0.717) is 0 Å². The third kappa shape index (κ3) is 5.64. The largest absolute Gasteiger partial charge is 0.420 e. The topological polar surface area (TPSA) is 69.9 Å². The normalized spacial score (nSPS) is 11.8. The second-order valence-corrected chi connectivity index (χ2v) is 5.12. The van der Waals surface area contributed by atoms with Crippen molar-refractivity contribution in [3.63, 3.8) is 0 Å². The van der Waals surface area contributed by atoms with E-state index in [1.54, 1.807) is 7.05 Å². The van der Waals surface area contributed by atoms with Gasteiger partial charge >= 0.3 is 12.3 Å². The summed E-state index contributed by atoms with van der Waals surface area (Å²) in [5.74, 6) is -3.17. The maximum absolute atomic E-state index is 13.2. The predicted octanol–water partition coefficient (Wildman–Crippen LogP) is 2.19. The van der Waals surface area contributed by atoms with E-state index in [4.69, 9.17) is 0 Å². The number of hydrogen-bond donors (Lipinski definition) is 0. The number of halogens is 4. The molecule has 0 atom stereocenters. The average molecular weight is 580 g/mol. The van der Waals surface area contributed by atoms with E-state index in [0.717, 1.165) is 22.9 Å². The first kappa shape index (κ1) is 22.1. The summed E-state index contributed by atoms with van der Waals surface area (Å²) in [5, 5.41) is 3.77. The molecule has 1 aromatic carbocycles. The molecule has 0 bridgehead atoms. The summed E-state index contributed by atoms with van der Waals surface area (Å²) in [7, 11) is 1.68. The summed E-state index contributed by atoms with van der Waals surface area (Å²) in [5.41, 5.74) is -0.0270. The van der Waals surface area contributed by atoms with Crippen molar-refractivity contribution < 1.29 is 46.9 Å². The number of hydrazone groups is 1. The molecule has 4 rings (SSSR count). The van der Waals surface area contributed by atoms with Crippen molar-refractivity contribution in [1.29, 1.82) is 0 Å². The van der Waals surface area contributed by atoms with Crippen molar-refractivity contribution in [1.82, 2.24) is 19.9 Å². The number of rotatable bonds is 2. The molecule has 0 saturated carbocycles. The number of hydrogen-bond acceptors (Lipinski definition) is 5. The fourth-order valence-electron chi connectivity index (χ4n) is 1.94. The van der Waals surface area contributed by atoms with Crippen LogP contribution in [0.25, 0.3) is 11.4 Å². The predicted molar refractivity (Wildman–Crippen MR) is 86.6 cm³/mol. The Morgan fingerprint density at radius 2 is 1.76 bits per heavy atom. The SMILES string of the molecule is C[N+]1=C=[N+](c2[c-]cc(F)nc2F)N=C1.Fc1c[c-]c(-c2ncncn2)c(F)c1.[Ir]. The number of pyridine rings is 1. The first-order chi connectivity index (χ1) is 13.4. The minimum absolute atomic E-state index is 0. The summed E-state index contributed by atoms with van der Waals surface area (Å²) in [6.45, 7) is 0. The maximum atomic E-state index is 13.2. The molecule has 0 spiro atoms. The molecule has 0 fully saturated rings. The third-order valence-electron chi connectivity index (χ3n) is 3.11. The zero-order chi connectivity index (χ0) is 20.1. The van der Waals surface area contributed by atoms with E-state index >= 15 is 0 Å². The Morgan fingerprint density at radius 3 is 2.34 bits per heavy atom. The molecular formula is C17H9F4IrN7. The van der Waals surface area contributed by atoms with Crippen LogP contribution >= 0.6 is 0 Å². The molecule has 2 aromatic heterocycles. The Kier molecular flexibility index (Phi) is 7.49. The van der Waals surface area contributed by atoms with E-state index in [-0.39, 0.29) is 37.2 Å². The van der Waals surface area contributed by atoms with Gasteiger partial charge < -0.3 is 4.98 Å². The van der Waals surface area contributed by atoms with Gasteiger partial charge in [0.2, 0.25) is 5.10 Å². The van der Waals surface area contributed by atoms with Crippen LogP contribution in [0, 0.1) is 35.7 Å². The quantitative estimate of drug-likeness (QED) is 0.202. The molecule has 0 N–H and O–H groups in total. The molecule has 1 aliphatic rings. The molecule has 12 heteroatoms. The number of aromatic nitrogens is 4. The van der Waals surface area contributed by atoms with E-state index in [9.17, 15) is 17.6 Å². The van der Waals surface area contributed by atoms with Gasteiger partial charge in [0.25, 0.3) is 0 Å². The summed E-state index contributed by atoms with van der Waals surface area (Å²) in [6.07, 6.45) is 3.90. The monoisotopic (exact) mass is 580 g/mol. The molecule has 0 aliphatic carbocycles. The Morgan fingerprint density at radius 1 is 1.03 bits per heavy atom. The van der Waals surface area contributed by atoms with Crippen molar-refractivity contribution in [2.45, 2.75) is 0 Å². The van der Waals surface area contributed by atoms with E-state index in [1.807, 2.05) is 0 Å². The molecule has 149 valence electrons. The van der Waals surface area contributed by atoms with Gasteiger partial charge in [0.1, 0.15) is 19.7 Å². The minimum atomic E-state index is -0.968. The third-order valence-corrected chi connectivity index (χ3v) is 3.11. The minimum Gasteiger partial charge on any atom is -0.319 e. The second kappa shape index (κ2) is 9.83. The smallest absolute Gasteiger partial charge is 0.319 e. The standard InChI is InChI=1S/C9H4F2N3.C8H5F2N4.Ir/c10-6-1-2-7(8(11)3-6)9-13-4-12-5-14-9;1-13-4-11-14(5-13)6-2-3-7(9)12-8(6)10;/h1,3-5H;3-4H,1H3;/q-1;+1;. The Hall–Kier alpha value is -3.20. The Labute approximate surface area is 175 Å². The van der Waals surface area contributed by atoms with Gasteiger partial charge in [-0.3, -0.25) is 27.5 Å². The van der Waals surface area contributed by atoms with Gasteiger partial charge in [-0.15, -0.1) is 28.8 Å². The molecule has 7 nitrogen and oxygen atoms in total. The van der Waals surface area contributed by atoms with Crippen molar-refractivity contribution >= 4 is 18.0 Å². The summed E-state index contributed by atoms with van der Waals surface area (Å²) in [6, 6.07) is 10.2.